The van der Waals surface area contributed by atoms with Crippen LogP contribution in [0.2, 0.25) is 0 Å². The smallest absolute Gasteiger partial charge is 0.407 e. The second kappa shape index (κ2) is 7.12. The van der Waals surface area contributed by atoms with Gasteiger partial charge in [0.05, 0.1) is 18.2 Å². The van der Waals surface area contributed by atoms with Crippen LogP contribution in [-0.2, 0) is 14.4 Å². The largest absolute Gasteiger partial charge is 0.453 e. The van der Waals surface area contributed by atoms with Gasteiger partial charge in [0, 0.05) is 0 Å². The van der Waals surface area contributed by atoms with Crippen LogP contribution in [0.1, 0.15) is 41.0 Å². The number of methoxy groups -OCH3 is 1. The number of amides is 3. The number of fused-ring (bicyclic) bond motifs is 1. The fraction of sp³-hybridized carbons (Fsp3) is 0.375. The molecule has 0 saturated heterocycles. The first-order chi connectivity index (χ1) is 11.4. The molecule has 0 bridgehead atoms. The van der Waals surface area contributed by atoms with Crippen molar-refractivity contribution in [2.45, 2.75) is 26.3 Å². The third-order valence-electron chi connectivity index (χ3n) is 3.86. The van der Waals surface area contributed by atoms with Crippen LogP contribution in [0.25, 0.3) is 0 Å². The van der Waals surface area contributed by atoms with Crippen LogP contribution in [-0.4, -0.2) is 42.1 Å². The second-order valence-corrected chi connectivity index (χ2v) is 5.36. The molecule has 128 valence electrons. The number of hydrogen-bond donors (Lipinski definition) is 1. The molecule has 0 aromatic heterocycles. The van der Waals surface area contributed by atoms with Crippen molar-refractivity contribution in [3.05, 3.63) is 35.4 Å². The molecule has 0 radical (unpaired) electrons. The molecule has 3 amide bonds. The molecule has 1 aromatic carbocycles. The minimum Gasteiger partial charge on any atom is -0.453 e. The highest BCUT2D eigenvalue weighted by molar-refractivity contribution is 6.20. The standard InChI is InChI=1S/C16H18N2O6/c1-4-9(2)12(17-16(22)23-3)15(21)24-18-13(19)10-7-5-6-8-11(10)14(18)20/h5-9,12H,4H2,1-3H3,(H,17,22)/t9-,12-/m0/s1. The molecule has 2 atom stereocenters. The topological polar surface area (TPSA) is 102 Å². The molecule has 1 aliphatic heterocycles. The van der Waals surface area contributed by atoms with Crippen molar-refractivity contribution in [2.24, 2.45) is 5.92 Å². The highest BCUT2D eigenvalue weighted by Gasteiger charge is 2.40. The lowest BCUT2D eigenvalue weighted by molar-refractivity contribution is -0.172. The molecular formula is C16H18N2O6. The molecule has 1 heterocycles. The van der Waals surface area contributed by atoms with Gasteiger partial charge >= 0.3 is 12.1 Å². The number of hydrogen-bond acceptors (Lipinski definition) is 6. The third-order valence-corrected chi connectivity index (χ3v) is 3.86. The van der Waals surface area contributed by atoms with Crippen molar-refractivity contribution in [1.29, 1.82) is 0 Å². The quantitative estimate of drug-likeness (QED) is 0.819. The lowest BCUT2D eigenvalue weighted by Gasteiger charge is -2.23. The molecule has 8 heteroatoms. The van der Waals surface area contributed by atoms with E-state index in [1.807, 2.05) is 6.92 Å². The van der Waals surface area contributed by atoms with Gasteiger partial charge in [-0.25, -0.2) is 9.59 Å². The zero-order valence-electron chi connectivity index (χ0n) is 13.6. The molecule has 0 unspecified atom stereocenters. The molecule has 2 rings (SSSR count). The van der Waals surface area contributed by atoms with Gasteiger partial charge in [0.15, 0.2) is 0 Å². The van der Waals surface area contributed by atoms with E-state index in [1.54, 1.807) is 19.1 Å². The Morgan fingerprint density at radius 3 is 2.17 bits per heavy atom. The Balaban J connectivity index is 2.17. The van der Waals surface area contributed by atoms with Crippen LogP contribution in [0, 0.1) is 5.92 Å². The number of nitrogens with one attached hydrogen (secondary N) is 1. The Kier molecular flexibility index (Phi) is 5.18. The van der Waals surface area contributed by atoms with Gasteiger partial charge < -0.3 is 14.9 Å². The average molecular weight is 334 g/mol. The normalized spacial score (nSPS) is 15.5. The number of imide groups is 1. The van der Waals surface area contributed by atoms with Crippen molar-refractivity contribution in [3.63, 3.8) is 0 Å². The molecule has 0 spiro atoms. The average Bonchev–Trinajstić information content (AvgIpc) is 2.84. The highest BCUT2D eigenvalue weighted by Crippen LogP contribution is 2.23. The Labute approximate surface area is 138 Å². The molecule has 1 aliphatic rings. The van der Waals surface area contributed by atoms with E-state index in [-0.39, 0.29) is 17.0 Å². The molecular weight excluding hydrogens is 316 g/mol. The summed E-state index contributed by atoms with van der Waals surface area (Å²) in [7, 11) is 1.17. The zero-order chi connectivity index (χ0) is 17.9. The van der Waals surface area contributed by atoms with E-state index in [1.165, 1.54) is 19.2 Å². The number of carbonyl (C=O) groups is 4. The molecule has 0 fully saturated rings. The Bertz CT molecular complexity index is 652. The van der Waals surface area contributed by atoms with Gasteiger partial charge in [-0.15, -0.1) is 0 Å². The Morgan fingerprint density at radius 1 is 1.17 bits per heavy atom. The van der Waals surface area contributed by atoms with Crippen LogP contribution in [0.15, 0.2) is 24.3 Å². The van der Waals surface area contributed by atoms with Gasteiger partial charge in [-0.3, -0.25) is 9.59 Å². The lowest BCUT2D eigenvalue weighted by Crippen LogP contribution is -2.48. The summed E-state index contributed by atoms with van der Waals surface area (Å²) in [5.41, 5.74) is 0.327. The number of nitrogens with zero attached hydrogens (tertiary/aromatic N) is 1. The van der Waals surface area contributed by atoms with Crippen LogP contribution in [0.4, 0.5) is 4.79 Å². The third kappa shape index (κ3) is 3.22. The maximum absolute atomic E-state index is 12.4. The first kappa shape index (κ1) is 17.5. The van der Waals surface area contributed by atoms with Crippen molar-refractivity contribution >= 4 is 23.9 Å². The summed E-state index contributed by atoms with van der Waals surface area (Å²) >= 11 is 0. The van der Waals surface area contributed by atoms with E-state index in [0.29, 0.717) is 11.5 Å². The van der Waals surface area contributed by atoms with Gasteiger partial charge in [-0.1, -0.05) is 37.5 Å². The van der Waals surface area contributed by atoms with E-state index in [2.05, 4.69) is 10.1 Å². The maximum atomic E-state index is 12.4. The van der Waals surface area contributed by atoms with Crippen molar-refractivity contribution in [3.8, 4) is 0 Å². The Hall–Kier alpha value is -2.90. The lowest BCUT2D eigenvalue weighted by atomic mass is 9.99. The maximum Gasteiger partial charge on any atom is 0.407 e. The molecule has 1 aromatic rings. The van der Waals surface area contributed by atoms with Crippen LogP contribution >= 0.6 is 0 Å². The van der Waals surface area contributed by atoms with Gasteiger partial charge in [0.25, 0.3) is 11.8 Å². The summed E-state index contributed by atoms with van der Waals surface area (Å²) in [5.74, 6) is -2.63. The number of alkyl carbamates (subject to hydrolysis) is 1. The molecule has 0 saturated carbocycles. The van der Waals surface area contributed by atoms with E-state index in [9.17, 15) is 19.2 Å². The molecule has 24 heavy (non-hydrogen) atoms. The van der Waals surface area contributed by atoms with Crippen molar-refractivity contribution < 1.29 is 28.8 Å². The number of benzene rings is 1. The fourth-order valence-corrected chi connectivity index (χ4v) is 2.25. The summed E-state index contributed by atoms with van der Waals surface area (Å²) in [6, 6.07) is 5.11. The number of rotatable bonds is 5. The fourth-order valence-electron chi connectivity index (χ4n) is 2.25. The number of ether oxygens (including phenoxy) is 1. The monoisotopic (exact) mass is 334 g/mol. The summed E-state index contributed by atoms with van der Waals surface area (Å²) in [6.07, 6.45) is -0.245. The highest BCUT2D eigenvalue weighted by atomic mass is 16.7. The number of hydroxylamine groups is 2. The van der Waals surface area contributed by atoms with Gasteiger partial charge in [-0.2, -0.15) is 0 Å². The minimum absolute atomic E-state index is 0.163. The summed E-state index contributed by atoms with van der Waals surface area (Å²) < 4.78 is 4.48. The van der Waals surface area contributed by atoms with E-state index < -0.39 is 29.9 Å². The van der Waals surface area contributed by atoms with Crippen molar-refractivity contribution in [1.82, 2.24) is 10.4 Å². The van der Waals surface area contributed by atoms with E-state index in [0.717, 1.165) is 0 Å². The van der Waals surface area contributed by atoms with E-state index >= 15 is 0 Å². The van der Waals surface area contributed by atoms with Gasteiger partial charge in [-0.05, 0) is 18.1 Å². The summed E-state index contributed by atoms with van der Waals surface area (Å²) in [4.78, 5) is 53.1. The van der Waals surface area contributed by atoms with Gasteiger partial charge in [0.2, 0.25) is 0 Å². The second-order valence-electron chi connectivity index (χ2n) is 5.36. The SMILES string of the molecule is CC[C@H](C)[C@H](NC(=O)OC)C(=O)ON1C(=O)c2ccccc2C1=O. The van der Waals surface area contributed by atoms with Gasteiger partial charge in [0.1, 0.15) is 6.04 Å². The minimum atomic E-state index is -1.05. The van der Waals surface area contributed by atoms with Crippen molar-refractivity contribution in [2.75, 3.05) is 7.11 Å². The summed E-state index contributed by atoms with van der Waals surface area (Å²) in [6.45, 7) is 3.55. The first-order valence-corrected chi connectivity index (χ1v) is 7.44. The first-order valence-electron chi connectivity index (χ1n) is 7.44. The number of carbonyl (C=O) groups excluding carboxylic acids is 4. The Morgan fingerprint density at radius 2 is 1.71 bits per heavy atom. The van der Waals surface area contributed by atoms with Crippen LogP contribution in [0.5, 0.6) is 0 Å². The zero-order valence-corrected chi connectivity index (χ0v) is 13.6. The molecule has 1 N–H and O–H groups in total. The predicted octanol–water partition coefficient (Wildman–Crippen LogP) is 1.51. The van der Waals surface area contributed by atoms with Crippen LogP contribution < -0.4 is 5.32 Å². The van der Waals surface area contributed by atoms with E-state index in [4.69, 9.17) is 4.84 Å². The van der Waals surface area contributed by atoms with Crippen LogP contribution in [0.3, 0.4) is 0 Å². The molecule has 8 nitrogen and oxygen atoms in total. The predicted molar refractivity (Wildman–Crippen MR) is 81.8 cm³/mol. The molecule has 0 aliphatic carbocycles. The summed E-state index contributed by atoms with van der Waals surface area (Å²) in [5, 5.41) is 2.77.